The maximum Gasteiger partial charge on any atom is 0.282 e. The lowest BCUT2D eigenvalue weighted by molar-refractivity contribution is -0.115. The Bertz CT molecular complexity index is 420. The summed E-state index contributed by atoms with van der Waals surface area (Å²) in [6.07, 6.45) is 1.32. The van der Waals surface area contributed by atoms with Crippen LogP contribution < -0.4 is 0 Å². The molecule has 0 aromatic rings. The van der Waals surface area contributed by atoms with Gasteiger partial charge in [0.25, 0.3) is 10.2 Å². The zero-order valence-electron chi connectivity index (χ0n) is 11.6. The van der Waals surface area contributed by atoms with E-state index in [4.69, 9.17) is 14.2 Å². The van der Waals surface area contributed by atoms with E-state index in [0.717, 1.165) is 6.42 Å². The number of rotatable bonds is 2. The van der Waals surface area contributed by atoms with Crippen LogP contribution in [0.25, 0.3) is 0 Å². The summed E-state index contributed by atoms with van der Waals surface area (Å²) >= 11 is 0. The minimum atomic E-state index is -3.43. The Morgan fingerprint density at radius 3 is 2.75 bits per heavy atom. The second-order valence-corrected chi connectivity index (χ2v) is 7.20. The number of hydrogen-bond acceptors (Lipinski definition) is 5. The highest BCUT2D eigenvalue weighted by atomic mass is 32.2. The first-order valence-electron chi connectivity index (χ1n) is 7.23. The van der Waals surface area contributed by atoms with Gasteiger partial charge in [-0.2, -0.15) is 17.0 Å². The molecular weight excluding hydrogens is 284 g/mol. The quantitative estimate of drug-likeness (QED) is 0.684. The lowest BCUT2D eigenvalue weighted by Gasteiger charge is -2.43. The summed E-state index contributed by atoms with van der Waals surface area (Å²) in [5, 5.41) is 0. The molecule has 20 heavy (non-hydrogen) atoms. The predicted octanol–water partition coefficient (Wildman–Crippen LogP) is -0.557. The summed E-state index contributed by atoms with van der Waals surface area (Å²) in [5.41, 5.74) is 0. The van der Waals surface area contributed by atoms with Crippen molar-refractivity contribution in [3.8, 4) is 0 Å². The minimum Gasteiger partial charge on any atom is -0.380 e. The van der Waals surface area contributed by atoms with E-state index in [2.05, 4.69) is 0 Å². The molecule has 0 radical (unpaired) electrons. The monoisotopic (exact) mass is 306 g/mol. The third-order valence-electron chi connectivity index (χ3n) is 4.09. The standard InChI is InChI=1S/C12H22N2O5S/c15-20(16,13-3-1-6-17-8-4-13)14-5-9-19-12-10-18-7-2-11(12)14/h11-12H,1-10H2/t11-,12+/m0/s1. The molecule has 0 aromatic carbocycles. The minimum absolute atomic E-state index is 0.0910. The zero-order valence-corrected chi connectivity index (χ0v) is 12.4. The van der Waals surface area contributed by atoms with Crippen LogP contribution >= 0.6 is 0 Å². The molecule has 3 fully saturated rings. The molecule has 0 aliphatic carbocycles. The topological polar surface area (TPSA) is 68.3 Å². The molecule has 3 heterocycles. The van der Waals surface area contributed by atoms with Crippen LogP contribution in [0, 0.1) is 0 Å². The van der Waals surface area contributed by atoms with Crippen molar-refractivity contribution >= 4 is 10.2 Å². The van der Waals surface area contributed by atoms with Crippen molar-refractivity contribution in [2.24, 2.45) is 0 Å². The van der Waals surface area contributed by atoms with Crippen molar-refractivity contribution in [1.29, 1.82) is 0 Å². The SMILES string of the molecule is O=S(=O)(N1CCCOCC1)N1CCO[C@@H]2COCC[C@@H]21. The highest BCUT2D eigenvalue weighted by molar-refractivity contribution is 7.86. The van der Waals surface area contributed by atoms with Gasteiger partial charge in [-0.05, 0) is 12.8 Å². The maximum atomic E-state index is 12.8. The Labute approximate surface area is 119 Å². The molecule has 3 rings (SSSR count). The molecule has 0 aromatic heterocycles. The van der Waals surface area contributed by atoms with Crippen molar-refractivity contribution < 1.29 is 22.6 Å². The number of nitrogens with zero attached hydrogens (tertiary/aromatic N) is 2. The predicted molar refractivity (Wildman–Crippen MR) is 71.6 cm³/mol. The molecule has 0 saturated carbocycles. The van der Waals surface area contributed by atoms with Crippen LogP contribution in [0.2, 0.25) is 0 Å². The van der Waals surface area contributed by atoms with Gasteiger partial charge in [-0.25, -0.2) is 0 Å². The smallest absolute Gasteiger partial charge is 0.282 e. The lowest BCUT2D eigenvalue weighted by atomic mass is 10.1. The Hall–Kier alpha value is -0.250. The van der Waals surface area contributed by atoms with Crippen molar-refractivity contribution in [3.05, 3.63) is 0 Å². The fourth-order valence-electron chi connectivity index (χ4n) is 3.04. The molecule has 0 bridgehead atoms. The summed E-state index contributed by atoms with van der Waals surface area (Å²) in [6.45, 7) is 4.03. The van der Waals surface area contributed by atoms with Crippen molar-refractivity contribution in [1.82, 2.24) is 8.61 Å². The van der Waals surface area contributed by atoms with Gasteiger partial charge in [-0.15, -0.1) is 0 Å². The van der Waals surface area contributed by atoms with Gasteiger partial charge < -0.3 is 14.2 Å². The van der Waals surface area contributed by atoms with Gasteiger partial charge >= 0.3 is 0 Å². The number of fused-ring (bicyclic) bond motifs is 1. The van der Waals surface area contributed by atoms with Crippen LogP contribution in [0.1, 0.15) is 12.8 Å². The summed E-state index contributed by atoms with van der Waals surface area (Å²) < 4.78 is 45.2. The van der Waals surface area contributed by atoms with Crippen molar-refractivity contribution in [2.45, 2.75) is 25.0 Å². The highest BCUT2D eigenvalue weighted by Gasteiger charge is 2.43. The first-order valence-corrected chi connectivity index (χ1v) is 8.63. The van der Waals surface area contributed by atoms with E-state index in [1.165, 1.54) is 0 Å². The van der Waals surface area contributed by atoms with E-state index in [0.29, 0.717) is 59.1 Å². The molecule has 2 atom stereocenters. The van der Waals surface area contributed by atoms with Crippen LogP contribution in [-0.4, -0.2) is 81.8 Å². The fourth-order valence-corrected chi connectivity index (χ4v) is 4.89. The molecule has 3 saturated heterocycles. The molecule has 0 N–H and O–H groups in total. The van der Waals surface area contributed by atoms with E-state index in [1.54, 1.807) is 8.61 Å². The van der Waals surface area contributed by atoms with Gasteiger partial charge in [0, 0.05) is 32.8 Å². The Morgan fingerprint density at radius 2 is 1.85 bits per heavy atom. The summed E-state index contributed by atoms with van der Waals surface area (Å²) in [5.74, 6) is 0. The summed E-state index contributed by atoms with van der Waals surface area (Å²) in [4.78, 5) is 0. The van der Waals surface area contributed by atoms with Gasteiger partial charge in [-0.1, -0.05) is 0 Å². The van der Waals surface area contributed by atoms with Gasteiger partial charge in [0.15, 0.2) is 0 Å². The summed E-state index contributed by atoms with van der Waals surface area (Å²) in [6, 6.07) is -0.0910. The van der Waals surface area contributed by atoms with Gasteiger partial charge in [0.2, 0.25) is 0 Å². The van der Waals surface area contributed by atoms with Crippen LogP contribution in [0.4, 0.5) is 0 Å². The van der Waals surface area contributed by atoms with Crippen LogP contribution in [-0.2, 0) is 24.4 Å². The Morgan fingerprint density at radius 1 is 0.950 bits per heavy atom. The molecule has 3 aliphatic heterocycles. The van der Waals surface area contributed by atoms with Gasteiger partial charge in [-0.3, -0.25) is 0 Å². The van der Waals surface area contributed by atoms with Crippen LogP contribution in [0.15, 0.2) is 0 Å². The van der Waals surface area contributed by atoms with Crippen LogP contribution in [0.5, 0.6) is 0 Å². The number of ether oxygens (including phenoxy) is 3. The normalized spacial score (nSPS) is 34.4. The van der Waals surface area contributed by atoms with Crippen molar-refractivity contribution in [3.63, 3.8) is 0 Å². The van der Waals surface area contributed by atoms with E-state index >= 15 is 0 Å². The first-order chi connectivity index (χ1) is 9.69. The largest absolute Gasteiger partial charge is 0.380 e. The van der Waals surface area contributed by atoms with E-state index in [9.17, 15) is 8.42 Å². The molecule has 3 aliphatic rings. The average molecular weight is 306 g/mol. The van der Waals surface area contributed by atoms with E-state index in [-0.39, 0.29) is 12.1 Å². The third kappa shape index (κ3) is 2.86. The second kappa shape index (κ2) is 6.25. The Balaban J connectivity index is 1.77. The van der Waals surface area contributed by atoms with Gasteiger partial charge in [0.05, 0.1) is 32.0 Å². The van der Waals surface area contributed by atoms with E-state index < -0.39 is 10.2 Å². The lowest BCUT2D eigenvalue weighted by Crippen LogP contribution is -2.60. The molecule has 7 nitrogen and oxygen atoms in total. The number of morpholine rings is 1. The van der Waals surface area contributed by atoms with Crippen molar-refractivity contribution in [2.75, 3.05) is 52.7 Å². The molecule has 0 amide bonds. The average Bonchev–Trinajstić information content (AvgIpc) is 2.76. The molecular formula is C12H22N2O5S. The summed E-state index contributed by atoms with van der Waals surface area (Å²) in [7, 11) is -3.43. The second-order valence-electron chi connectivity index (χ2n) is 5.32. The van der Waals surface area contributed by atoms with Gasteiger partial charge in [0.1, 0.15) is 0 Å². The van der Waals surface area contributed by atoms with Crippen LogP contribution in [0.3, 0.4) is 0 Å². The fraction of sp³-hybridized carbons (Fsp3) is 1.00. The molecule has 0 unspecified atom stereocenters. The maximum absolute atomic E-state index is 12.8. The first kappa shape index (κ1) is 14.7. The third-order valence-corrected chi connectivity index (χ3v) is 6.15. The highest BCUT2D eigenvalue weighted by Crippen LogP contribution is 2.26. The molecule has 8 heteroatoms. The van der Waals surface area contributed by atoms with E-state index in [1.807, 2.05) is 0 Å². The molecule has 116 valence electrons. The Kier molecular flexibility index (Phi) is 4.58. The molecule has 0 spiro atoms. The number of hydrogen-bond donors (Lipinski definition) is 0. The zero-order chi connectivity index (χ0) is 14.0.